The van der Waals surface area contributed by atoms with Gasteiger partial charge in [-0.2, -0.15) is 0 Å². The Hall–Kier alpha value is -1.14. The van der Waals surface area contributed by atoms with Crippen LogP contribution in [0.25, 0.3) is 0 Å². The lowest BCUT2D eigenvalue weighted by Gasteiger charge is -2.05. The van der Waals surface area contributed by atoms with Crippen molar-refractivity contribution in [2.75, 3.05) is 12.5 Å². The number of rotatable bonds is 5. The van der Waals surface area contributed by atoms with Gasteiger partial charge in [-0.1, -0.05) is 12.2 Å². The smallest absolute Gasteiger partial charge is 0.312 e. The second-order valence-corrected chi connectivity index (χ2v) is 4.09. The predicted octanol–water partition coefficient (Wildman–Crippen LogP) is 3.67. The van der Waals surface area contributed by atoms with E-state index < -0.39 is 10.7 Å². The van der Waals surface area contributed by atoms with Crippen molar-refractivity contribution in [3.8, 4) is 5.75 Å². The normalized spacial score (nSPS) is 10.8. The van der Waals surface area contributed by atoms with Gasteiger partial charge in [0.15, 0.2) is 5.75 Å². The van der Waals surface area contributed by atoms with E-state index in [1.807, 2.05) is 0 Å². The number of alkyl halides is 1. The standard InChI is InChI=1S/C10H8BrClFNO3/c11-7-5-9(14(15)16)10(6-8(7)13)17-4-2-1-3-12/h1-2,5-6H,3-4H2/b2-1+. The number of hydrogen-bond donors (Lipinski definition) is 0. The zero-order valence-electron chi connectivity index (χ0n) is 8.53. The van der Waals surface area contributed by atoms with Crippen LogP contribution in [0, 0.1) is 15.9 Å². The van der Waals surface area contributed by atoms with Crippen LogP contribution in [-0.4, -0.2) is 17.4 Å². The summed E-state index contributed by atoms with van der Waals surface area (Å²) in [5, 5.41) is 10.7. The zero-order valence-corrected chi connectivity index (χ0v) is 10.9. The van der Waals surface area contributed by atoms with Crippen LogP contribution in [0.1, 0.15) is 0 Å². The molecule has 0 atom stereocenters. The first-order valence-corrected chi connectivity index (χ1v) is 5.86. The Bertz CT molecular complexity index is 453. The SMILES string of the molecule is O=[N+]([O-])c1cc(Br)c(F)cc1OC/C=C/CCl. The Balaban J connectivity index is 2.92. The van der Waals surface area contributed by atoms with Crippen molar-refractivity contribution in [1.29, 1.82) is 0 Å². The molecule has 0 bridgehead atoms. The number of nitro groups is 1. The van der Waals surface area contributed by atoms with Gasteiger partial charge in [-0.25, -0.2) is 4.39 Å². The Morgan fingerprint density at radius 1 is 1.53 bits per heavy atom. The summed E-state index contributed by atoms with van der Waals surface area (Å²) in [5.41, 5.74) is -0.294. The molecule has 1 aromatic rings. The van der Waals surface area contributed by atoms with Gasteiger partial charge in [-0.3, -0.25) is 10.1 Å². The molecule has 0 saturated carbocycles. The van der Waals surface area contributed by atoms with E-state index in [9.17, 15) is 14.5 Å². The molecule has 17 heavy (non-hydrogen) atoms. The van der Waals surface area contributed by atoms with Crippen LogP contribution in [0.15, 0.2) is 28.8 Å². The van der Waals surface area contributed by atoms with Gasteiger partial charge < -0.3 is 4.74 Å². The topological polar surface area (TPSA) is 52.4 Å². The molecule has 0 aliphatic heterocycles. The van der Waals surface area contributed by atoms with E-state index in [0.29, 0.717) is 5.88 Å². The summed E-state index contributed by atoms with van der Waals surface area (Å²) < 4.78 is 18.3. The summed E-state index contributed by atoms with van der Waals surface area (Å²) in [6.45, 7) is 0.0919. The maximum absolute atomic E-state index is 13.2. The second-order valence-electron chi connectivity index (χ2n) is 2.93. The summed E-state index contributed by atoms with van der Waals surface area (Å²) in [7, 11) is 0. The highest BCUT2D eigenvalue weighted by molar-refractivity contribution is 9.10. The van der Waals surface area contributed by atoms with E-state index in [4.69, 9.17) is 16.3 Å². The Morgan fingerprint density at radius 3 is 2.82 bits per heavy atom. The quantitative estimate of drug-likeness (QED) is 0.359. The predicted molar refractivity (Wildman–Crippen MR) is 66.1 cm³/mol. The number of ether oxygens (including phenoxy) is 1. The maximum atomic E-state index is 13.2. The van der Waals surface area contributed by atoms with Crippen molar-refractivity contribution < 1.29 is 14.1 Å². The highest BCUT2D eigenvalue weighted by Gasteiger charge is 2.18. The first-order chi connectivity index (χ1) is 8.06. The summed E-state index contributed by atoms with van der Waals surface area (Å²) >= 11 is 8.27. The Kier molecular flexibility index (Phi) is 5.37. The van der Waals surface area contributed by atoms with Crippen molar-refractivity contribution in [2.24, 2.45) is 0 Å². The fourth-order valence-corrected chi connectivity index (χ4v) is 1.50. The van der Waals surface area contributed by atoms with Crippen LogP contribution in [0.2, 0.25) is 0 Å². The minimum absolute atomic E-state index is 0.0212. The van der Waals surface area contributed by atoms with Gasteiger partial charge in [0.05, 0.1) is 9.40 Å². The molecule has 4 nitrogen and oxygen atoms in total. The van der Waals surface area contributed by atoms with Crippen molar-refractivity contribution in [3.05, 3.63) is 44.7 Å². The summed E-state index contributed by atoms with van der Waals surface area (Å²) in [5.74, 6) is -0.415. The molecule has 0 fully saturated rings. The third-order valence-corrected chi connectivity index (χ3v) is 2.58. The van der Waals surface area contributed by atoms with Crippen LogP contribution in [0.4, 0.5) is 10.1 Å². The average molecular weight is 325 g/mol. The largest absolute Gasteiger partial charge is 0.483 e. The van der Waals surface area contributed by atoms with Crippen LogP contribution in [-0.2, 0) is 0 Å². The molecule has 0 aromatic heterocycles. The van der Waals surface area contributed by atoms with Gasteiger partial charge in [0, 0.05) is 18.0 Å². The van der Waals surface area contributed by atoms with E-state index in [1.54, 1.807) is 12.2 Å². The van der Waals surface area contributed by atoms with Gasteiger partial charge >= 0.3 is 5.69 Å². The van der Waals surface area contributed by atoms with Gasteiger partial charge in [-0.05, 0) is 15.9 Å². The third kappa shape index (κ3) is 3.98. The van der Waals surface area contributed by atoms with Crippen LogP contribution >= 0.6 is 27.5 Å². The summed E-state index contributed by atoms with van der Waals surface area (Å²) in [4.78, 5) is 10.1. The molecule has 0 radical (unpaired) electrons. The molecule has 0 spiro atoms. The van der Waals surface area contributed by atoms with Crippen LogP contribution in [0.5, 0.6) is 5.75 Å². The number of nitro benzene ring substituents is 1. The molecule has 0 unspecified atom stereocenters. The van der Waals surface area contributed by atoms with E-state index in [1.165, 1.54) is 0 Å². The molecule has 7 heteroatoms. The zero-order chi connectivity index (χ0) is 12.8. The first kappa shape index (κ1) is 13.9. The lowest BCUT2D eigenvalue weighted by atomic mass is 10.3. The number of nitrogens with zero attached hydrogens (tertiary/aromatic N) is 1. The summed E-state index contributed by atoms with van der Waals surface area (Å²) in [6, 6.07) is 2.03. The fraction of sp³-hybridized carbons (Fsp3) is 0.200. The molecule has 0 aliphatic carbocycles. The maximum Gasteiger partial charge on any atom is 0.312 e. The summed E-state index contributed by atoms with van der Waals surface area (Å²) in [6.07, 6.45) is 3.22. The Morgan fingerprint density at radius 2 is 2.24 bits per heavy atom. The van der Waals surface area contributed by atoms with Crippen molar-refractivity contribution in [2.45, 2.75) is 0 Å². The minimum atomic E-state index is -0.634. The molecule has 0 aliphatic rings. The minimum Gasteiger partial charge on any atom is -0.483 e. The van der Waals surface area contributed by atoms with Crippen molar-refractivity contribution in [1.82, 2.24) is 0 Å². The second kappa shape index (κ2) is 6.56. The number of halogens is 3. The molecule has 1 aromatic carbocycles. The van der Waals surface area contributed by atoms with E-state index in [2.05, 4.69) is 15.9 Å². The lowest BCUT2D eigenvalue weighted by molar-refractivity contribution is -0.385. The molecule has 1 rings (SSSR count). The van der Waals surface area contributed by atoms with E-state index in [-0.39, 0.29) is 22.5 Å². The monoisotopic (exact) mass is 323 g/mol. The Labute approximate surface area is 110 Å². The van der Waals surface area contributed by atoms with Crippen LogP contribution in [0.3, 0.4) is 0 Å². The number of hydrogen-bond acceptors (Lipinski definition) is 3. The van der Waals surface area contributed by atoms with Crippen molar-refractivity contribution >= 4 is 33.2 Å². The average Bonchev–Trinajstić information content (AvgIpc) is 2.28. The molecule has 0 heterocycles. The molecular weight excluding hydrogens is 316 g/mol. The molecule has 0 N–H and O–H groups in total. The van der Waals surface area contributed by atoms with Gasteiger partial charge in [0.2, 0.25) is 0 Å². The molecule has 0 saturated heterocycles. The van der Waals surface area contributed by atoms with E-state index >= 15 is 0 Å². The van der Waals surface area contributed by atoms with Gasteiger partial charge in [0.25, 0.3) is 0 Å². The highest BCUT2D eigenvalue weighted by atomic mass is 79.9. The number of allylic oxidation sites excluding steroid dienone is 1. The molecule has 92 valence electrons. The van der Waals surface area contributed by atoms with Gasteiger partial charge in [0.1, 0.15) is 12.4 Å². The lowest BCUT2D eigenvalue weighted by Crippen LogP contribution is -1.99. The van der Waals surface area contributed by atoms with Gasteiger partial charge in [-0.15, -0.1) is 11.6 Å². The van der Waals surface area contributed by atoms with Crippen LogP contribution < -0.4 is 4.74 Å². The first-order valence-electron chi connectivity index (χ1n) is 4.53. The van der Waals surface area contributed by atoms with Crippen molar-refractivity contribution in [3.63, 3.8) is 0 Å². The third-order valence-electron chi connectivity index (χ3n) is 1.79. The number of benzene rings is 1. The van der Waals surface area contributed by atoms with E-state index in [0.717, 1.165) is 12.1 Å². The molecular formula is C10H8BrClFNO3. The molecule has 0 amide bonds. The highest BCUT2D eigenvalue weighted by Crippen LogP contribution is 2.32. The fourth-order valence-electron chi connectivity index (χ4n) is 1.05.